The number of imide groups is 1. The summed E-state index contributed by atoms with van der Waals surface area (Å²) in [6, 6.07) is 8.61. The van der Waals surface area contributed by atoms with Crippen molar-refractivity contribution in [2.24, 2.45) is 5.41 Å². The fourth-order valence-electron chi connectivity index (χ4n) is 4.00. The number of amides is 3. The van der Waals surface area contributed by atoms with Gasteiger partial charge in [-0.3, -0.25) is 14.4 Å². The number of hydrogen-bond acceptors (Lipinski definition) is 7. The second-order valence-corrected chi connectivity index (χ2v) is 9.13. The monoisotopic (exact) mass is 461 g/mol. The number of ether oxygens (including phenoxy) is 1. The third kappa shape index (κ3) is 5.51. The van der Waals surface area contributed by atoms with Gasteiger partial charge in [0, 0.05) is 12.0 Å². The number of benzene rings is 1. The molecule has 2 saturated heterocycles. The van der Waals surface area contributed by atoms with Gasteiger partial charge in [-0.1, -0.05) is 63.9 Å². The predicted octanol–water partition coefficient (Wildman–Crippen LogP) is 3.09. The van der Waals surface area contributed by atoms with Crippen molar-refractivity contribution < 1.29 is 33.9 Å². The van der Waals surface area contributed by atoms with Gasteiger partial charge in [-0.2, -0.15) is 0 Å². The Morgan fingerprint density at radius 3 is 2.52 bits per heavy atom. The second-order valence-electron chi connectivity index (χ2n) is 9.13. The number of carboxylic acid groups (broad SMARTS) is 1. The first-order chi connectivity index (χ1) is 15.6. The lowest BCUT2D eigenvalue weighted by Crippen LogP contribution is -2.47. The van der Waals surface area contributed by atoms with E-state index in [9.17, 15) is 24.3 Å². The standard InChI is InChI=1S/C23H31N3O7/c1-5-6-12-16(17(27)20-26(33-20)14(2)15-10-8-7-9-11-15)24-21(29)32-18-19(28)25(22(30)31)13-23(18,3)4/h7-11,14,16,18,20H,5-6,12-13H2,1-4H3,(H,24,29)(H,30,31)/t14-,16?,18?,20?,26?/m1/s1. The molecule has 2 heterocycles. The number of unbranched alkanes of at least 4 members (excludes halogenated alkanes) is 1. The Morgan fingerprint density at radius 1 is 1.27 bits per heavy atom. The summed E-state index contributed by atoms with van der Waals surface area (Å²) >= 11 is 0. The van der Waals surface area contributed by atoms with Gasteiger partial charge in [0.15, 0.2) is 6.10 Å². The number of hydroxylamine groups is 2. The van der Waals surface area contributed by atoms with Crippen LogP contribution in [0.15, 0.2) is 30.3 Å². The summed E-state index contributed by atoms with van der Waals surface area (Å²) in [7, 11) is 0. The summed E-state index contributed by atoms with van der Waals surface area (Å²) in [5, 5.41) is 13.3. The average molecular weight is 462 g/mol. The van der Waals surface area contributed by atoms with E-state index in [0.717, 1.165) is 12.0 Å². The molecule has 0 bridgehead atoms. The quantitative estimate of drug-likeness (QED) is 0.537. The molecule has 0 aliphatic carbocycles. The molecular formula is C23H31N3O7. The Kier molecular flexibility index (Phi) is 7.38. The molecule has 2 fully saturated rings. The van der Waals surface area contributed by atoms with Crippen LogP contribution in [0.4, 0.5) is 9.59 Å². The van der Waals surface area contributed by atoms with E-state index in [1.54, 1.807) is 18.9 Å². The second kappa shape index (κ2) is 9.88. The van der Waals surface area contributed by atoms with Crippen molar-refractivity contribution in [1.29, 1.82) is 0 Å². The number of carbonyl (C=O) groups excluding carboxylic acids is 3. The topological polar surface area (TPSA) is 129 Å². The Labute approximate surface area is 192 Å². The molecule has 2 aliphatic rings. The molecule has 0 radical (unpaired) electrons. The van der Waals surface area contributed by atoms with E-state index in [1.807, 2.05) is 44.2 Å². The van der Waals surface area contributed by atoms with E-state index < -0.39 is 41.9 Å². The number of nitrogens with zero attached hydrogens (tertiary/aromatic N) is 2. The van der Waals surface area contributed by atoms with E-state index in [1.165, 1.54) is 0 Å². The summed E-state index contributed by atoms with van der Waals surface area (Å²) < 4.78 is 5.31. The summed E-state index contributed by atoms with van der Waals surface area (Å²) in [5.74, 6) is -1.10. The maximum atomic E-state index is 13.1. The third-order valence-electron chi connectivity index (χ3n) is 6.02. The molecule has 10 nitrogen and oxygen atoms in total. The van der Waals surface area contributed by atoms with Gasteiger partial charge in [0.2, 0.25) is 12.0 Å². The number of likely N-dealkylation sites (tertiary alicyclic amines) is 1. The maximum absolute atomic E-state index is 13.1. The van der Waals surface area contributed by atoms with Crippen LogP contribution < -0.4 is 5.32 Å². The predicted molar refractivity (Wildman–Crippen MR) is 117 cm³/mol. The molecule has 10 heteroatoms. The summed E-state index contributed by atoms with van der Waals surface area (Å²) in [5.41, 5.74) is 0.104. The van der Waals surface area contributed by atoms with Crippen LogP contribution in [0.2, 0.25) is 0 Å². The first-order valence-corrected chi connectivity index (χ1v) is 11.1. The Balaban J connectivity index is 1.63. The van der Waals surface area contributed by atoms with Crippen molar-refractivity contribution in [3.63, 3.8) is 0 Å². The number of carbonyl (C=O) groups is 4. The molecular weight excluding hydrogens is 430 g/mol. The van der Waals surface area contributed by atoms with Crippen LogP contribution in [0.3, 0.4) is 0 Å². The van der Waals surface area contributed by atoms with Crippen molar-refractivity contribution in [2.45, 2.75) is 71.4 Å². The maximum Gasteiger partial charge on any atom is 0.414 e. The summed E-state index contributed by atoms with van der Waals surface area (Å²) in [6.45, 7) is 7.10. The molecule has 2 aliphatic heterocycles. The van der Waals surface area contributed by atoms with Crippen LogP contribution in [-0.4, -0.2) is 63.9 Å². The first kappa shape index (κ1) is 24.7. The zero-order valence-electron chi connectivity index (χ0n) is 19.3. The highest BCUT2D eigenvalue weighted by Crippen LogP contribution is 2.35. The van der Waals surface area contributed by atoms with Crippen LogP contribution in [-0.2, 0) is 19.2 Å². The molecule has 1 aromatic rings. The largest absolute Gasteiger partial charge is 0.465 e. The molecule has 1 aromatic carbocycles. The number of ketones is 1. The van der Waals surface area contributed by atoms with Gasteiger partial charge in [-0.05, 0) is 18.9 Å². The molecule has 5 atom stereocenters. The molecule has 0 aromatic heterocycles. The lowest BCUT2D eigenvalue weighted by Gasteiger charge is -2.24. The highest BCUT2D eigenvalue weighted by molar-refractivity contribution is 5.97. The molecule has 4 unspecified atom stereocenters. The zero-order valence-corrected chi connectivity index (χ0v) is 19.3. The molecule has 3 amide bonds. The first-order valence-electron chi connectivity index (χ1n) is 11.1. The van der Waals surface area contributed by atoms with Gasteiger partial charge in [0.05, 0.1) is 12.1 Å². The Morgan fingerprint density at radius 2 is 1.94 bits per heavy atom. The molecule has 33 heavy (non-hydrogen) atoms. The zero-order chi connectivity index (χ0) is 24.3. The lowest BCUT2D eigenvalue weighted by molar-refractivity contribution is -0.134. The number of hydrogen-bond donors (Lipinski definition) is 2. The van der Waals surface area contributed by atoms with Crippen LogP contribution in [0.5, 0.6) is 0 Å². The highest BCUT2D eigenvalue weighted by atomic mass is 16.8. The SMILES string of the molecule is CCCCC(NC(=O)OC1C(=O)N(C(=O)O)CC1(C)C)C(=O)C1ON1[C@H](C)c1ccccc1. The van der Waals surface area contributed by atoms with E-state index in [2.05, 4.69) is 5.32 Å². The fourth-order valence-corrected chi connectivity index (χ4v) is 4.00. The number of nitrogens with one attached hydrogen (secondary N) is 1. The van der Waals surface area contributed by atoms with Crippen molar-refractivity contribution in [2.75, 3.05) is 6.54 Å². The van der Waals surface area contributed by atoms with Crippen LogP contribution in [0.25, 0.3) is 0 Å². The van der Waals surface area contributed by atoms with Gasteiger partial charge in [-0.25, -0.2) is 14.5 Å². The normalized spacial score (nSPS) is 25.3. The smallest absolute Gasteiger partial charge is 0.414 e. The average Bonchev–Trinajstić information content (AvgIpc) is 3.54. The molecule has 0 saturated carbocycles. The van der Waals surface area contributed by atoms with Crippen molar-refractivity contribution in [1.82, 2.24) is 15.3 Å². The third-order valence-corrected chi connectivity index (χ3v) is 6.02. The summed E-state index contributed by atoms with van der Waals surface area (Å²) in [6.07, 6.45) is -2.48. The lowest BCUT2D eigenvalue weighted by atomic mass is 9.90. The van der Waals surface area contributed by atoms with Gasteiger partial charge >= 0.3 is 12.2 Å². The molecule has 0 spiro atoms. The van der Waals surface area contributed by atoms with Crippen LogP contribution in [0.1, 0.15) is 58.6 Å². The van der Waals surface area contributed by atoms with Gasteiger partial charge < -0.3 is 15.2 Å². The van der Waals surface area contributed by atoms with E-state index >= 15 is 0 Å². The fraction of sp³-hybridized carbons (Fsp3) is 0.565. The Hall–Kier alpha value is -2.98. The van der Waals surface area contributed by atoms with Crippen molar-refractivity contribution in [3.8, 4) is 0 Å². The van der Waals surface area contributed by atoms with Gasteiger partial charge in [-0.15, -0.1) is 5.06 Å². The van der Waals surface area contributed by atoms with Crippen LogP contribution >= 0.6 is 0 Å². The minimum Gasteiger partial charge on any atom is -0.465 e. The van der Waals surface area contributed by atoms with Gasteiger partial charge in [0.25, 0.3) is 5.91 Å². The molecule has 180 valence electrons. The van der Waals surface area contributed by atoms with E-state index in [0.29, 0.717) is 17.7 Å². The van der Waals surface area contributed by atoms with Crippen LogP contribution in [0, 0.1) is 5.41 Å². The van der Waals surface area contributed by atoms with E-state index in [4.69, 9.17) is 9.57 Å². The van der Waals surface area contributed by atoms with Gasteiger partial charge in [0.1, 0.15) is 0 Å². The summed E-state index contributed by atoms with van der Waals surface area (Å²) in [4.78, 5) is 55.5. The van der Waals surface area contributed by atoms with Crippen molar-refractivity contribution in [3.05, 3.63) is 35.9 Å². The minimum absolute atomic E-state index is 0.0838. The molecule has 2 N–H and O–H groups in total. The highest BCUT2D eigenvalue weighted by Gasteiger charge is 2.52. The molecule has 3 rings (SSSR count). The number of Topliss-reactive ketones (excluding diaryl/α,β-unsaturated/α-hetero) is 1. The Bertz CT molecular complexity index is 905. The number of alkyl carbamates (subject to hydrolysis) is 1. The minimum atomic E-state index is -1.39. The van der Waals surface area contributed by atoms with E-state index in [-0.39, 0.29) is 18.4 Å². The van der Waals surface area contributed by atoms with Crippen molar-refractivity contribution >= 4 is 23.9 Å². The number of rotatable bonds is 9.